The van der Waals surface area contributed by atoms with Crippen LogP contribution in [-0.2, 0) is 18.9 Å². The number of nitrogens with one attached hydrogen (secondary N) is 1. The number of esters is 2. The standard InChI is InChI=1S/C22H25N3O9/c1-3-11(2)19(26)31-10-14-16-17(18(32-14)25-9-8-15(24-30)23-22(25)29)34-21(28)13-7-5-4-6-12(13)20(27)33-16/h4-9,11,14,16-19,26,30H,3,10H2,1-2H3,(H,23,24,29)/t11-,14-,16-,17-,18-,19?/m1/s1. The molecule has 1 saturated heterocycles. The van der Waals surface area contributed by atoms with Gasteiger partial charge in [-0.05, 0) is 24.6 Å². The van der Waals surface area contributed by atoms with Gasteiger partial charge in [-0.3, -0.25) is 15.3 Å². The van der Waals surface area contributed by atoms with E-state index in [0.717, 1.165) is 4.57 Å². The van der Waals surface area contributed by atoms with Crippen LogP contribution in [0.25, 0.3) is 0 Å². The molecule has 12 nitrogen and oxygen atoms in total. The van der Waals surface area contributed by atoms with Crippen LogP contribution in [0.1, 0.15) is 47.2 Å². The number of anilines is 1. The molecule has 2 aliphatic heterocycles. The molecule has 12 heteroatoms. The van der Waals surface area contributed by atoms with E-state index in [1.54, 1.807) is 17.6 Å². The zero-order valence-corrected chi connectivity index (χ0v) is 18.5. The van der Waals surface area contributed by atoms with E-state index in [1.165, 1.54) is 24.4 Å². The minimum Gasteiger partial charge on any atom is -0.452 e. The number of fused-ring (bicyclic) bond motifs is 2. The summed E-state index contributed by atoms with van der Waals surface area (Å²) < 4.78 is 23.9. The molecule has 3 N–H and O–H groups in total. The highest BCUT2D eigenvalue weighted by molar-refractivity contribution is 6.03. The van der Waals surface area contributed by atoms with Crippen molar-refractivity contribution in [1.29, 1.82) is 0 Å². The fourth-order valence-electron chi connectivity index (χ4n) is 3.78. The van der Waals surface area contributed by atoms with Gasteiger partial charge in [-0.2, -0.15) is 4.98 Å². The van der Waals surface area contributed by atoms with Crippen molar-refractivity contribution >= 4 is 17.8 Å². The number of hydrogen-bond donors (Lipinski definition) is 3. The molecule has 0 aliphatic carbocycles. The van der Waals surface area contributed by atoms with Crippen molar-refractivity contribution in [2.75, 3.05) is 12.1 Å². The van der Waals surface area contributed by atoms with E-state index in [4.69, 9.17) is 24.2 Å². The number of nitrogens with zero attached hydrogens (tertiary/aromatic N) is 2. The van der Waals surface area contributed by atoms with Gasteiger partial charge in [-0.25, -0.2) is 14.4 Å². The van der Waals surface area contributed by atoms with Crippen molar-refractivity contribution in [3.8, 4) is 0 Å². The molecule has 0 saturated carbocycles. The number of rotatable bonds is 7. The van der Waals surface area contributed by atoms with Gasteiger partial charge >= 0.3 is 17.6 Å². The number of ether oxygens (including phenoxy) is 4. The summed E-state index contributed by atoms with van der Waals surface area (Å²) >= 11 is 0. The average molecular weight is 475 g/mol. The molecule has 0 bridgehead atoms. The molecule has 1 aromatic heterocycles. The molecule has 4 rings (SSSR count). The van der Waals surface area contributed by atoms with Gasteiger partial charge < -0.3 is 24.1 Å². The Morgan fingerprint density at radius 3 is 2.35 bits per heavy atom. The molecule has 0 amide bonds. The minimum atomic E-state index is -1.22. The lowest BCUT2D eigenvalue weighted by Crippen LogP contribution is -2.44. The van der Waals surface area contributed by atoms with Crippen LogP contribution in [0.4, 0.5) is 5.82 Å². The lowest BCUT2D eigenvalue weighted by molar-refractivity contribution is -0.164. The smallest absolute Gasteiger partial charge is 0.351 e. The number of carbonyl (C=O) groups is 2. The van der Waals surface area contributed by atoms with Crippen LogP contribution in [0.2, 0.25) is 0 Å². The van der Waals surface area contributed by atoms with E-state index >= 15 is 0 Å². The van der Waals surface area contributed by atoms with Crippen LogP contribution in [0.3, 0.4) is 0 Å². The van der Waals surface area contributed by atoms with Crippen molar-refractivity contribution in [3.05, 3.63) is 58.1 Å². The Bertz CT molecular complexity index is 1120. The van der Waals surface area contributed by atoms with Crippen molar-refractivity contribution < 1.29 is 38.9 Å². The fourth-order valence-corrected chi connectivity index (χ4v) is 3.78. The van der Waals surface area contributed by atoms with Crippen LogP contribution in [0.15, 0.2) is 41.3 Å². The molecule has 1 fully saturated rings. The average Bonchev–Trinajstić information content (AvgIpc) is 3.16. The first-order valence-corrected chi connectivity index (χ1v) is 10.8. The van der Waals surface area contributed by atoms with E-state index in [0.29, 0.717) is 6.42 Å². The van der Waals surface area contributed by atoms with Gasteiger partial charge in [0.25, 0.3) is 0 Å². The normalized spacial score (nSPS) is 25.8. The monoisotopic (exact) mass is 475 g/mol. The lowest BCUT2D eigenvalue weighted by atomic mass is 10.0. The Morgan fingerprint density at radius 1 is 1.12 bits per heavy atom. The molecule has 1 unspecified atom stereocenters. The first-order chi connectivity index (χ1) is 16.3. The second-order valence-electron chi connectivity index (χ2n) is 8.07. The third-order valence-corrected chi connectivity index (χ3v) is 5.92. The van der Waals surface area contributed by atoms with E-state index in [2.05, 4.69) is 4.98 Å². The summed E-state index contributed by atoms with van der Waals surface area (Å²) in [5, 5.41) is 19.2. The third-order valence-electron chi connectivity index (χ3n) is 5.92. The van der Waals surface area contributed by atoms with E-state index in [9.17, 15) is 19.5 Å². The molecule has 0 spiro atoms. The molecular weight excluding hydrogens is 450 g/mol. The summed E-state index contributed by atoms with van der Waals surface area (Å²) in [5.41, 5.74) is 1.01. The third kappa shape index (κ3) is 4.53. The van der Waals surface area contributed by atoms with Crippen LogP contribution in [0, 0.1) is 5.92 Å². The molecule has 2 aliphatic rings. The maximum Gasteiger partial charge on any atom is 0.351 e. The topological polar surface area (TPSA) is 158 Å². The van der Waals surface area contributed by atoms with E-state index < -0.39 is 48.5 Å². The largest absolute Gasteiger partial charge is 0.452 e. The fraction of sp³-hybridized carbons (Fsp3) is 0.455. The zero-order chi connectivity index (χ0) is 24.4. The first-order valence-electron chi connectivity index (χ1n) is 10.8. The molecule has 2 aromatic rings. The van der Waals surface area contributed by atoms with Gasteiger partial charge in [0.05, 0.1) is 17.7 Å². The molecule has 182 valence electrons. The van der Waals surface area contributed by atoms with Crippen LogP contribution in [0.5, 0.6) is 0 Å². The minimum absolute atomic E-state index is 0.0156. The Morgan fingerprint density at radius 2 is 1.76 bits per heavy atom. The Hall–Kier alpha value is -3.32. The van der Waals surface area contributed by atoms with Crippen molar-refractivity contribution in [3.63, 3.8) is 0 Å². The number of carbonyl (C=O) groups excluding carboxylic acids is 2. The van der Waals surface area contributed by atoms with Gasteiger partial charge in [0.2, 0.25) is 0 Å². The highest BCUT2D eigenvalue weighted by Crippen LogP contribution is 2.36. The number of aromatic nitrogens is 2. The lowest BCUT2D eigenvalue weighted by Gasteiger charge is -2.28. The number of aliphatic hydroxyl groups is 1. The van der Waals surface area contributed by atoms with Gasteiger partial charge in [-0.1, -0.05) is 26.0 Å². The molecule has 6 atom stereocenters. The zero-order valence-electron chi connectivity index (χ0n) is 18.5. The predicted octanol–water partition coefficient (Wildman–Crippen LogP) is 1.09. The number of aliphatic hydroxyl groups excluding tert-OH is 1. The summed E-state index contributed by atoms with van der Waals surface area (Å²) in [4.78, 5) is 42.0. The molecule has 34 heavy (non-hydrogen) atoms. The second-order valence-corrected chi connectivity index (χ2v) is 8.07. The van der Waals surface area contributed by atoms with Crippen LogP contribution < -0.4 is 11.2 Å². The van der Waals surface area contributed by atoms with Crippen molar-refractivity contribution in [2.45, 2.75) is 51.1 Å². The van der Waals surface area contributed by atoms with E-state index in [1.807, 2.05) is 13.8 Å². The summed E-state index contributed by atoms with van der Waals surface area (Å²) in [6.45, 7) is 3.50. The Balaban J connectivity index is 1.69. The van der Waals surface area contributed by atoms with Gasteiger partial charge in [0, 0.05) is 12.1 Å². The second kappa shape index (κ2) is 9.89. The highest BCUT2D eigenvalue weighted by atomic mass is 16.7. The number of benzene rings is 1. The molecule has 1 aromatic carbocycles. The Kier molecular flexibility index (Phi) is 6.93. The maximum absolute atomic E-state index is 12.9. The Labute approximate surface area is 194 Å². The summed E-state index contributed by atoms with van der Waals surface area (Å²) in [6, 6.07) is 7.35. The van der Waals surface area contributed by atoms with E-state index in [-0.39, 0.29) is 29.5 Å². The summed E-state index contributed by atoms with van der Waals surface area (Å²) in [5.74, 6) is -1.80. The SMILES string of the molecule is CC[C@@H](C)C(O)OC[C@H]1O[C@@H](n2ccc(NO)nc2=O)[C@@H]2OC(=O)c3ccccc3C(=O)O[C@@H]21. The van der Waals surface area contributed by atoms with Gasteiger partial charge in [-0.15, -0.1) is 0 Å². The first kappa shape index (κ1) is 23.8. The number of hydrogen-bond acceptors (Lipinski definition) is 11. The highest BCUT2D eigenvalue weighted by Gasteiger charge is 2.52. The quantitative estimate of drug-likeness (QED) is 0.299. The summed E-state index contributed by atoms with van der Waals surface area (Å²) in [6.07, 6.45) is -3.69. The van der Waals surface area contributed by atoms with Gasteiger partial charge in [0.15, 0.2) is 30.5 Å². The van der Waals surface area contributed by atoms with Gasteiger partial charge in [0.1, 0.15) is 6.10 Å². The molecule has 0 radical (unpaired) electrons. The maximum atomic E-state index is 12.9. The van der Waals surface area contributed by atoms with Crippen molar-refractivity contribution in [2.24, 2.45) is 5.92 Å². The predicted molar refractivity (Wildman–Crippen MR) is 114 cm³/mol. The van der Waals surface area contributed by atoms with Crippen molar-refractivity contribution in [1.82, 2.24) is 9.55 Å². The van der Waals surface area contributed by atoms with Crippen LogP contribution in [-0.4, -0.2) is 63.0 Å². The molecular formula is C22H25N3O9. The summed E-state index contributed by atoms with van der Waals surface area (Å²) in [7, 11) is 0. The molecule has 3 heterocycles. The van der Waals surface area contributed by atoms with Crippen LogP contribution >= 0.6 is 0 Å².